The third-order valence-electron chi connectivity index (χ3n) is 4.04. The molecule has 2 aromatic rings. The maximum absolute atomic E-state index is 13.0. The zero-order chi connectivity index (χ0) is 20.3. The third-order valence-corrected chi connectivity index (χ3v) is 4.91. The molecular weight excluding hydrogens is 451 g/mol. The van der Waals surface area contributed by atoms with E-state index in [1.54, 1.807) is 30.3 Å². The number of hydrogen-bond acceptors (Lipinski definition) is 3. The first-order valence-corrected chi connectivity index (χ1v) is 9.77. The first-order chi connectivity index (χ1) is 13.4. The van der Waals surface area contributed by atoms with Crippen molar-refractivity contribution in [2.45, 2.75) is 20.0 Å². The maximum atomic E-state index is 13.0. The smallest absolute Gasteiger partial charge is 0.329 e. The summed E-state index contributed by atoms with van der Waals surface area (Å²) in [4.78, 5) is 25.4. The van der Waals surface area contributed by atoms with E-state index < -0.39 is 6.03 Å². The molecule has 0 unspecified atom stereocenters. The Kier molecular flexibility index (Phi) is 6.36. The summed E-state index contributed by atoms with van der Waals surface area (Å²) in [5, 5.41) is 2.91. The van der Waals surface area contributed by atoms with Crippen LogP contribution < -0.4 is 10.1 Å². The molecule has 0 aliphatic carbocycles. The van der Waals surface area contributed by atoms with Gasteiger partial charge in [0.25, 0.3) is 5.91 Å². The fourth-order valence-electron chi connectivity index (χ4n) is 2.70. The molecule has 0 bridgehead atoms. The molecule has 2 aromatic carbocycles. The van der Waals surface area contributed by atoms with Crippen LogP contribution in [0.25, 0.3) is 6.08 Å². The molecular formula is C20H17BrClFN2O3. The molecule has 1 N–H and O–H groups in total. The molecule has 146 valence electrons. The molecule has 3 amide bonds. The monoisotopic (exact) mass is 466 g/mol. The Morgan fingerprint density at radius 1 is 1.25 bits per heavy atom. The average molecular weight is 468 g/mol. The van der Waals surface area contributed by atoms with Crippen molar-refractivity contribution in [3.8, 4) is 5.75 Å². The number of nitrogens with one attached hydrogen (secondary N) is 1. The second-order valence-electron chi connectivity index (χ2n) is 6.17. The lowest BCUT2D eigenvalue weighted by Gasteiger charge is -2.11. The number of carbonyl (C=O) groups excluding carboxylic acids is 2. The highest BCUT2D eigenvalue weighted by Crippen LogP contribution is 2.36. The summed E-state index contributed by atoms with van der Waals surface area (Å²) in [5.41, 5.74) is 1.63. The molecule has 0 atom stereocenters. The van der Waals surface area contributed by atoms with Gasteiger partial charge in [-0.05, 0) is 63.8 Å². The molecule has 0 radical (unpaired) electrons. The lowest BCUT2D eigenvalue weighted by molar-refractivity contribution is -0.122. The van der Waals surface area contributed by atoms with Crippen LogP contribution in [0, 0.1) is 5.82 Å². The predicted molar refractivity (Wildman–Crippen MR) is 108 cm³/mol. The van der Waals surface area contributed by atoms with E-state index in [2.05, 4.69) is 21.2 Å². The van der Waals surface area contributed by atoms with Crippen molar-refractivity contribution in [3.63, 3.8) is 0 Å². The normalized spacial score (nSPS) is 15.3. The summed E-state index contributed by atoms with van der Waals surface area (Å²) < 4.78 is 19.3. The topological polar surface area (TPSA) is 58.6 Å². The predicted octanol–water partition coefficient (Wildman–Crippen LogP) is 5.12. The Morgan fingerprint density at radius 2 is 1.96 bits per heavy atom. The molecule has 1 heterocycles. The largest absolute Gasteiger partial charge is 0.486 e. The molecule has 1 fully saturated rings. The van der Waals surface area contributed by atoms with Gasteiger partial charge in [0.2, 0.25) is 0 Å². The SMILES string of the molecule is CCCN1C(=O)N/C(=C/c2cc(Cl)c(OCc3ccc(F)cc3)c(Br)c2)C1=O. The Morgan fingerprint density at radius 3 is 2.61 bits per heavy atom. The highest BCUT2D eigenvalue weighted by Gasteiger charge is 2.32. The fourth-order valence-corrected chi connectivity index (χ4v) is 3.69. The van der Waals surface area contributed by atoms with Crippen LogP contribution in [-0.4, -0.2) is 23.4 Å². The van der Waals surface area contributed by atoms with Gasteiger partial charge in [-0.1, -0.05) is 30.7 Å². The van der Waals surface area contributed by atoms with Gasteiger partial charge in [-0.2, -0.15) is 0 Å². The number of benzene rings is 2. The molecule has 5 nitrogen and oxygen atoms in total. The van der Waals surface area contributed by atoms with E-state index in [9.17, 15) is 14.0 Å². The minimum atomic E-state index is -0.428. The maximum Gasteiger partial charge on any atom is 0.329 e. The molecule has 8 heteroatoms. The third kappa shape index (κ3) is 4.54. The zero-order valence-electron chi connectivity index (χ0n) is 15.0. The summed E-state index contributed by atoms with van der Waals surface area (Å²) >= 11 is 9.74. The summed E-state index contributed by atoms with van der Waals surface area (Å²) in [7, 11) is 0. The van der Waals surface area contributed by atoms with Crippen molar-refractivity contribution >= 4 is 45.5 Å². The van der Waals surface area contributed by atoms with Crippen molar-refractivity contribution < 1.29 is 18.7 Å². The van der Waals surface area contributed by atoms with E-state index in [0.717, 1.165) is 5.56 Å². The number of nitrogens with zero attached hydrogens (tertiary/aromatic N) is 1. The minimum absolute atomic E-state index is 0.196. The van der Waals surface area contributed by atoms with Crippen molar-refractivity contribution in [3.05, 3.63) is 68.5 Å². The molecule has 0 spiro atoms. The summed E-state index contributed by atoms with van der Waals surface area (Å²) in [6.45, 7) is 2.48. The summed E-state index contributed by atoms with van der Waals surface area (Å²) in [5.74, 6) is -0.246. The Labute approximate surface area is 175 Å². The highest BCUT2D eigenvalue weighted by atomic mass is 79.9. The van der Waals surface area contributed by atoms with Crippen LogP contribution in [0.1, 0.15) is 24.5 Å². The molecule has 3 rings (SSSR count). The molecule has 0 saturated carbocycles. The molecule has 1 aliphatic heterocycles. The van der Waals surface area contributed by atoms with Crippen LogP contribution >= 0.6 is 27.5 Å². The van der Waals surface area contributed by atoms with E-state index in [1.807, 2.05) is 6.92 Å². The van der Waals surface area contributed by atoms with E-state index in [1.165, 1.54) is 17.0 Å². The van der Waals surface area contributed by atoms with E-state index in [4.69, 9.17) is 16.3 Å². The molecule has 28 heavy (non-hydrogen) atoms. The van der Waals surface area contributed by atoms with Gasteiger partial charge in [0.05, 0.1) is 9.50 Å². The van der Waals surface area contributed by atoms with Gasteiger partial charge >= 0.3 is 6.03 Å². The van der Waals surface area contributed by atoms with E-state index in [-0.39, 0.29) is 24.0 Å². The van der Waals surface area contributed by atoms with E-state index in [0.29, 0.717) is 33.8 Å². The zero-order valence-corrected chi connectivity index (χ0v) is 17.3. The van der Waals surface area contributed by atoms with Crippen LogP contribution in [0.4, 0.5) is 9.18 Å². The van der Waals surface area contributed by atoms with Crippen LogP contribution in [0.2, 0.25) is 5.02 Å². The first-order valence-electron chi connectivity index (χ1n) is 8.60. The van der Waals surface area contributed by atoms with Gasteiger partial charge in [0, 0.05) is 6.54 Å². The number of imide groups is 1. The average Bonchev–Trinajstić information content (AvgIpc) is 2.90. The van der Waals surface area contributed by atoms with Crippen molar-refractivity contribution in [1.82, 2.24) is 10.2 Å². The number of ether oxygens (including phenoxy) is 1. The Hall–Kier alpha value is -2.38. The lowest BCUT2D eigenvalue weighted by Crippen LogP contribution is -2.31. The van der Waals surface area contributed by atoms with E-state index >= 15 is 0 Å². The van der Waals surface area contributed by atoms with Crippen LogP contribution in [0.15, 0.2) is 46.6 Å². The number of rotatable bonds is 6. The van der Waals surface area contributed by atoms with Crippen molar-refractivity contribution in [1.29, 1.82) is 0 Å². The summed E-state index contributed by atoms with van der Waals surface area (Å²) in [6, 6.07) is 8.93. The van der Waals surface area contributed by atoms with Crippen LogP contribution in [0.5, 0.6) is 5.75 Å². The van der Waals surface area contributed by atoms with Gasteiger partial charge in [-0.3, -0.25) is 9.69 Å². The summed E-state index contributed by atoms with van der Waals surface area (Å²) in [6.07, 6.45) is 2.25. The van der Waals surface area contributed by atoms with Gasteiger partial charge in [-0.15, -0.1) is 0 Å². The van der Waals surface area contributed by atoms with Gasteiger partial charge in [0.15, 0.2) is 5.75 Å². The molecule has 1 aliphatic rings. The van der Waals surface area contributed by atoms with Gasteiger partial charge in [-0.25, -0.2) is 9.18 Å². The first kappa shape index (κ1) is 20.4. The van der Waals surface area contributed by atoms with Gasteiger partial charge < -0.3 is 10.1 Å². The Balaban J connectivity index is 1.77. The second kappa shape index (κ2) is 8.75. The molecule has 1 saturated heterocycles. The standard InChI is InChI=1S/C20H17BrClFN2O3/c1-2-7-25-19(26)17(24-20(25)27)10-13-8-15(21)18(16(22)9-13)28-11-12-3-5-14(23)6-4-12/h3-6,8-10H,2,7,11H2,1H3,(H,24,27)/b17-10+. The number of halogens is 3. The van der Waals surface area contributed by atoms with Crippen LogP contribution in [-0.2, 0) is 11.4 Å². The fraction of sp³-hybridized carbons (Fsp3) is 0.200. The lowest BCUT2D eigenvalue weighted by atomic mass is 10.1. The number of urea groups is 1. The molecule has 0 aromatic heterocycles. The minimum Gasteiger partial charge on any atom is -0.486 e. The quantitative estimate of drug-likeness (QED) is 0.474. The number of amides is 3. The van der Waals surface area contributed by atoms with Crippen molar-refractivity contribution in [2.75, 3.05) is 6.54 Å². The Bertz CT molecular complexity index is 924. The highest BCUT2D eigenvalue weighted by molar-refractivity contribution is 9.10. The number of carbonyl (C=O) groups is 2. The second-order valence-corrected chi connectivity index (χ2v) is 7.44. The van der Waals surface area contributed by atoms with Crippen molar-refractivity contribution in [2.24, 2.45) is 0 Å². The van der Waals surface area contributed by atoms with Crippen LogP contribution in [0.3, 0.4) is 0 Å². The van der Waals surface area contributed by atoms with Gasteiger partial charge in [0.1, 0.15) is 18.1 Å². The number of hydrogen-bond donors (Lipinski definition) is 1.